The van der Waals surface area contributed by atoms with Gasteiger partial charge in [-0.2, -0.15) is 10.2 Å². The van der Waals surface area contributed by atoms with Crippen LogP contribution in [-0.2, 0) is 35.7 Å². The zero-order valence-corrected chi connectivity index (χ0v) is 37.0. The molecule has 0 fully saturated rings. The minimum absolute atomic E-state index is 0.0933. The van der Waals surface area contributed by atoms with Crippen LogP contribution in [0.5, 0.6) is 11.5 Å². The molecule has 2 aromatic carbocycles. The Morgan fingerprint density at radius 1 is 0.803 bits per heavy atom. The average Bonchev–Trinajstić information content (AvgIpc) is 4.05. The lowest BCUT2D eigenvalue weighted by Gasteiger charge is -2.13. The third-order valence-corrected chi connectivity index (χ3v) is 10.5. The molecule has 0 bridgehead atoms. The van der Waals surface area contributed by atoms with Crippen LogP contribution >= 0.6 is 0 Å². The Labute approximate surface area is 376 Å². The summed E-state index contributed by atoms with van der Waals surface area (Å²) in [5.74, 6) is -1.67. The van der Waals surface area contributed by atoms with Gasteiger partial charge in [0.05, 0.1) is 42.6 Å². The maximum Gasteiger partial charge on any atom is 0.407 e. The summed E-state index contributed by atoms with van der Waals surface area (Å²) in [5.41, 5.74) is 16.3. The van der Waals surface area contributed by atoms with E-state index in [1.165, 1.54) is 19.2 Å². The quantitative estimate of drug-likeness (QED) is 0.0526. The highest BCUT2D eigenvalue weighted by Gasteiger charge is 2.23. The van der Waals surface area contributed by atoms with Gasteiger partial charge in [-0.25, -0.2) is 19.7 Å². The number of methoxy groups -OCH3 is 1. The molecule has 22 nitrogen and oxygen atoms in total. The van der Waals surface area contributed by atoms with Crippen molar-refractivity contribution in [3.05, 3.63) is 83.0 Å². The molecule has 66 heavy (non-hydrogen) atoms. The monoisotopic (exact) mass is 903 g/mol. The van der Waals surface area contributed by atoms with E-state index >= 15 is 0 Å². The number of fused-ring (bicyclic) bond motifs is 4. The van der Waals surface area contributed by atoms with Gasteiger partial charge in [0.25, 0.3) is 5.91 Å². The first kappa shape index (κ1) is 45.7. The summed E-state index contributed by atoms with van der Waals surface area (Å²) in [6, 6.07) is 9.84. The van der Waals surface area contributed by atoms with Crippen molar-refractivity contribution in [2.45, 2.75) is 66.7 Å². The number of aliphatic carboxylic acids is 1. The molecule has 0 unspecified atom stereocenters. The number of allylic oxidation sites excluding steroid dienone is 2. The van der Waals surface area contributed by atoms with E-state index in [9.17, 15) is 24.0 Å². The first-order chi connectivity index (χ1) is 31.7. The number of amides is 4. The second-order valence-electron chi connectivity index (χ2n) is 15.0. The van der Waals surface area contributed by atoms with Gasteiger partial charge in [-0.1, -0.05) is 12.2 Å². The molecule has 0 atom stereocenters. The van der Waals surface area contributed by atoms with E-state index < -0.39 is 29.8 Å². The fraction of sp³-hybridized carbons (Fsp3) is 0.318. The summed E-state index contributed by atoms with van der Waals surface area (Å²) in [6.07, 6.45) is 4.68. The molecule has 4 amide bonds. The molecule has 0 saturated heterocycles. The lowest BCUT2D eigenvalue weighted by molar-refractivity contribution is -0.137. The van der Waals surface area contributed by atoms with Gasteiger partial charge < -0.3 is 45.2 Å². The third kappa shape index (κ3) is 9.61. The average molecular weight is 904 g/mol. The maximum atomic E-state index is 13.7. The zero-order valence-electron chi connectivity index (χ0n) is 37.0. The van der Waals surface area contributed by atoms with Crippen molar-refractivity contribution in [3.63, 3.8) is 0 Å². The van der Waals surface area contributed by atoms with E-state index in [0.29, 0.717) is 86.9 Å². The number of hydrogen-bond acceptors (Lipinski definition) is 13. The number of carboxylic acids is 1. The molecule has 0 radical (unpaired) electrons. The lowest BCUT2D eigenvalue weighted by atomic mass is 10.1. The summed E-state index contributed by atoms with van der Waals surface area (Å²) < 4.78 is 24.0. The molecule has 0 aliphatic heterocycles. The molecule has 5 heterocycles. The van der Waals surface area contributed by atoms with Crippen LogP contribution in [0, 0.1) is 13.8 Å². The van der Waals surface area contributed by atoms with Crippen molar-refractivity contribution in [1.29, 1.82) is 0 Å². The van der Waals surface area contributed by atoms with Crippen LogP contribution in [0.4, 0.5) is 10.7 Å². The number of carboxylic acid groups (broad SMARTS) is 1. The van der Waals surface area contributed by atoms with Crippen molar-refractivity contribution in [3.8, 4) is 23.0 Å². The Morgan fingerprint density at radius 2 is 1.48 bits per heavy atom. The van der Waals surface area contributed by atoms with E-state index in [-0.39, 0.29) is 56.3 Å². The molecule has 0 aliphatic rings. The minimum atomic E-state index is -1.09. The fourth-order valence-corrected chi connectivity index (χ4v) is 7.51. The van der Waals surface area contributed by atoms with Crippen LogP contribution in [0.15, 0.2) is 54.7 Å². The number of benzene rings is 2. The summed E-state index contributed by atoms with van der Waals surface area (Å²) in [6.45, 7) is 8.92. The summed E-state index contributed by atoms with van der Waals surface area (Å²) in [4.78, 5) is 76.0. The number of primary amides is 2. The predicted molar refractivity (Wildman–Crippen MR) is 241 cm³/mol. The number of alkyl carbamates (subject to hydrolysis) is 1. The molecule has 7 N–H and O–H groups in total. The highest BCUT2D eigenvalue weighted by Crippen LogP contribution is 2.37. The van der Waals surface area contributed by atoms with Crippen molar-refractivity contribution in [1.82, 2.24) is 49.0 Å². The third-order valence-electron chi connectivity index (χ3n) is 10.5. The number of hydrogen-bond donors (Lipinski definition) is 5. The van der Waals surface area contributed by atoms with Gasteiger partial charge in [0, 0.05) is 60.8 Å². The Bertz CT molecular complexity index is 3050. The Kier molecular flexibility index (Phi) is 13.6. The van der Waals surface area contributed by atoms with Gasteiger partial charge in [0.15, 0.2) is 5.82 Å². The molecule has 22 heteroatoms. The minimum Gasteiger partial charge on any atom is -0.494 e. The number of nitrogens with two attached hydrogens (primary N) is 2. The van der Waals surface area contributed by atoms with E-state index in [1.807, 2.05) is 48.2 Å². The number of carbonyl (C=O) groups excluding carboxylic acids is 4. The Balaban J connectivity index is 1.27. The number of nitrogens with one attached hydrogen (secondary N) is 2. The van der Waals surface area contributed by atoms with E-state index in [1.54, 1.807) is 40.6 Å². The standard InChI is InChI=1S/C44H49N13O9/c1-6-56-31(17-24(3)52-56)40-48-23-29-28-19-26(38(45)60)22-34(65-15-10-12-47-44(63)66-16-11-35(58)59)36(28)54(41(29)50-40)13-8-9-14-55-37-30(20-27(39(46)61)21-33(37)64-5)49-43(55)51-42(62)32-18-25(4)53-57(32)7-2/h8-9,17-23H,6-7,10-16H2,1-5H3,(H2,45,60)(H2,46,61)(H,47,63)(H,58,59)(H,49,51,62)/b9-8+. The SMILES string of the molecule is CCn1nc(C)cc1C(=O)Nc1nc2cc(C(N)=O)cc(OC)c2n1C/C=C/Cn1c2nc(-c3cc(C)nn3CC)ncc2c2cc(C(N)=O)cc(OCCCNC(=O)OCCC(=O)O)c21. The first-order valence-corrected chi connectivity index (χ1v) is 21.0. The highest BCUT2D eigenvalue weighted by atomic mass is 16.5. The van der Waals surface area contributed by atoms with Crippen molar-refractivity contribution in [2.75, 3.05) is 32.2 Å². The molecule has 344 valence electrons. The van der Waals surface area contributed by atoms with Crippen LogP contribution in [0.25, 0.3) is 44.5 Å². The molecule has 0 aliphatic carbocycles. The topological polar surface area (TPSA) is 294 Å². The lowest BCUT2D eigenvalue weighted by Crippen LogP contribution is -2.27. The summed E-state index contributed by atoms with van der Waals surface area (Å²) in [7, 11) is 1.46. The van der Waals surface area contributed by atoms with Crippen molar-refractivity contribution < 1.29 is 43.3 Å². The normalized spacial score (nSPS) is 11.5. The Hall–Kier alpha value is -8.30. The van der Waals surface area contributed by atoms with Gasteiger partial charge in [0.1, 0.15) is 40.7 Å². The van der Waals surface area contributed by atoms with Crippen molar-refractivity contribution >= 4 is 68.7 Å². The number of anilines is 1. The van der Waals surface area contributed by atoms with Gasteiger partial charge in [0.2, 0.25) is 17.8 Å². The second-order valence-corrected chi connectivity index (χ2v) is 15.0. The van der Waals surface area contributed by atoms with Crippen LogP contribution in [0.3, 0.4) is 0 Å². The van der Waals surface area contributed by atoms with Gasteiger partial charge in [-0.3, -0.25) is 33.9 Å². The van der Waals surface area contributed by atoms with Gasteiger partial charge in [-0.15, -0.1) is 0 Å². The van der Waals surface area contributed by atoms with E-state index in [2.05, 4.69) is 20.8 Å². The molecular weight excluding hydrogens is 855 g/mol. The molecule has 0 spiro atoms. The number of ether oxygens (including phenoxy) is 3. The van der Waals surface area contributed by atoms with Crippen LogP contribution < -0.4 is 31.6 Å². The smallest absolute Gasteiger partial charge is 0.407 e. The molecule has 5 aromatic heterocycles. The number of aryl methyl sites for hydroxylation is 4. The number of nitrogens with zero attached hydrogens (tertiary/aromatic N) is 9. The Morgan fingerprint density at radius 3 is 2.18 bits per heavy atom. The van der Waals surface area contributed by atoms with Crippen molar-refractivity contribution in [2.24, 2.45) is 11.5 Å². The molecule has 7 rings (SSSR count). The van der Waals surface area contributed by atoms with E-state index in [4.69, 9.17) is 45.7 Å². The number of imidazole rings is 1. The largest absolute Gasteiger partial charge is 0.494 e. The van der Waals surface area contributed by atoms with Crippen LogP contribution in [-0.4, -0.2) is 105 Å². The second kappa shape index (κ2) is 19.6. The molecular formula is C44H49N13O9. The summed E-state index contributed by atoms with van der Waals surface area (Å²) in [5, 5.41) is 24.5. The van der Waals surface area contributed by atoms with Crippen LogP contribution in [0.1, 0.15) is 69.3 Å². The summed E-state index contributed by atoms with van der Waals surface area (Å²) >= 11 is 0. The fourth-order valence-electron chi connectivity index (χ4n) is 7.51. The zero-order chi connectivity index (χ0) is 47.2. The van der Waals surface area contributed by atoms with Gasteiger partial charge in [-0.05, 0) is 70.5 Å². The highest BCUT2D eigenvalue weighted by molar-refractivity contribution is 6.12. The first-order valence-electron chi connectivity index (χ1n) is 21.0. The van der Waals surface area contributed by atoms with E-state index in [0.717, 1.165) is 5.69 Å². The molecule has 0 saturated carbocycles. The van der Waals surface area contributed by atoms with Crippen LogP contribution in [0.2, 0.25) is 0 Å². The van der Waals surface area contributed by atoms with Gasteiger partial charge >= 0.3 is 12.1 Å². The number of carbonyl (C=O) groups is 5. The number of aromatic nitrogens is 9. The molecule has 7 aromatic rings. The maximum absolute atomic E-state index is 13.7. The number of rotatable bonds is 20. The predicted octanol–water partition coefficient (Wildman–Crippen LogP) is 4.34.